The topological polar surface area (TPSA) is 52.6 Å². The SMILES string of the molecule is CC(C)(C)C(=O)OC1OC(=O)c2cc(Br)ccc21. The van der Waals surface area contributed by atoms with E-state index in [9.17, 15) is 9.59 Å². The van der Waals surface area contributed by atoms with Gasteiger partial charge in [0.15, 0.2) is 0 Å². The van der Waals surface area contributed by atoms with Crippen LogP contribution in [-0.2, 0) is 14.3 Å². The highest BCUT2D eigenvalue weighted by atomic mass is 79.9. The molecule has 0 aromatic heterocycles. The number of halogens is 1. The van der Waals surface area contributed by atoms with E-state index >= 15 is 0 Å². The lowest BCUT2D eigenvalue weighted by molar-refractivity contribution is -0.177. The fraction of sp³-hybridized carbons (Fsp3) is 0.385. The van der Waals surface area contributed by atoms with E-state index in [2.05, 4.69) is 15.9 Å². The van der Waals surface area contributed by atoms with Crippen molar-refractivity contribution in [2.24, 2.45) is 5.41 Å². The number of esters is 2. The number of fused-ring (bicyclic) bond motifs is 1. The standard InChI is InChI=1S/C13H13BrO4/c1-13(2,3)12(16)18-11-8-5-4-7(14)6-9(8)10(15)17-11/h4-6,11H,1-3H3. The molecule has 18 heavy (non-hydrogen) atoms. The van der Waals surface area contributed by atoms with Crippen LogP contribution in [-0.4, -0.2) is 11.9 Å². The Balaban J connectivity index is 2.25. The van der Waals surface area contributed by atoms with Crippen LogP contribution in [0.15, 0.2) is 22.7 Å². The van der Waals surface area contributed by atoms with Crippen LogP contribution >= 0.6 is 15.9 Å². The summed E-state index contributed by atoms with van der Waals surface area (Å²) in [7, 11) is 0. The zero-order chi connectivity index (χ0) is 13.5. The Morgan fingerprint density at radius 2 is 2.06 bits per heavy atom. The van der Waals surface area contributed by atoms with Crippen molar-refractivity contribution in [2.75, 3.05) is 0 Å². The number of cyclic esters (lactones) is 1. The van der Waals surface area contributed by atoms with Crippen LogP contribution in [0.3, 0.4) is 0 Å². The molecule has 0 bridgehead atoms. The van der Waals surface area contributed by atoms with Crippen LogP contribution in [0.25, 0.3) is 0 Å². The van der Waals surface area contributed by atoms with E-state index in [4.69, 9.17) is 9.47 Å². The molecular weight excluding hydrogens is 300 g/mol. The highest BCUT2D eigenvalue weighted by Gasteiger charge is 2.36. The van der Waals surface area contributed by atoms with Gasteiger partial charge in [-0.2, -0.15) is 0 Å². The van der Waals surface area contributed by atoms with E-state index in [1.54, 1.807) is 39.0 Å². The summed E-state index contributed by atoms with van der Waals surface area (Å²) in [6, 6.07) is 5.15. The Morgan fingerprint density at radius 1 is 1.39 bits per heavy atom. The molecule has 0 saturated carbocycles. The second-order valence-electron chi connectivity index (χ2n) is 5.12. The first-order valence-electron chi connectivity index (χ1n) is 5.50. The second-order valence-corrected chi connectivity index (χ2v) is 6.04. The largest absolute Gasteiger partial charge is 0.420 e. The Labute approximate surface area is 113 Å². The van der Waals surface area contributed by atoms with Crippen molar-refractivity contribution in [2.45, 2.75) is 27.1 Å². The van der Waals surface area contributed by atoms with E-state index in [0.29, 0.717) is 11.1 Å². The van der Waals surface area contributed by atoms with Gasteiger partial charge in [0.2, 0.25) is 0 Å². The number of rotatable bonds is 1. The average molecular weight is 313 g/mol. The minimum absolute atomic E-state index is 0.406. The molecule has 0 fully saturated rings. The number of carbonyl (C=O) groups is 2. The van der Waals surface area contributed by atoms with Crippen molar-refractivity contribution in [3.8, 4) is 0 Å². The third-order valence-corrected chi connectivity index (χ3v) is 3.02. The van der Waals surface area contributed by atoms with Gasteiger partial charge in [-0.25, -0.2) is 4.79 Å². The van der Waals surface area contributed by atoms with E-state index in [1.807, 2.05) is 0 Å². The molecule has 0 amide bonds. The van der Waals surface area contributed by atoms with E-state index < -0.39 is 23.6 Å². The molecule has 1 aromatic carbocycles. The summed E-state index contributed by atoms with van der Waals surface area (Å²) in [5, 5.41) is 0. The van der Waals surface area contributed by atoms with Gasteiger partial charge in [0.1, 0.15) is 0 Å². The van der Waals surface area contributed by atoms with Gasteiger partial charge in [-0.1, -0.05) is 15.9 Å². The van der Waals surface area contributed by atoms with Crippen LogP contribution in [0.1, 0.15) is 43.0 Å². The fourth-order valence-corrected chi connectivity index (χ4v) is 1.86. The first-order valence-corrected chi connectivity index (χ1v) is 6.30. The monoisotopic (exact) mass is 312 g/mol. The minimum Gasteiger partial charge on any atom is -0.420 e. The van der Waals surface area contributed by atoms with Gasteiger partial charge >= 0.3 is 11.9 Å². The Kier molecular flexibility index (Phi) is 3.19. The van der Waals surface area contributed by atoms with Crippen LogP contribution in [0.4, 0.5) is 0 Å². The summed E-state index contributed by atoms with van der Waals surface area (Å²) in [4.78, 5) is 23.4. The summed E-state index contributed by atoms with van der Waals surface area (Å²) in [5.41, 5.74) is 0.377. The zero-order valence-electron chi connectivity index (χ0n) is 10.3. The quantitative estimate of drug-likeness (QED) is 0.747. The van der Waals surface area contributed by atoms with Crippen LogP contribution in [0, 0.1) is 5.41 Å². The molecule has 96 valence electrons. The molecule has 1 aromatic rings. The van der Waals surface area contributed by atoms with Crippen molar-refractivity contribution in [3.63, 3.8) is 0 Å². The van der Waals surface area contributed by atoms with Crippen LogP contribution < -0.4 is 0 Å². The molecule has 1 heterocycles. The first-order chi connectivity index (χ1) is 8.29. The molecule has 1 unspecified atom stereocenters. The maximum absolute atomic E-state index is 11.8. The van der Waals surface area contributed by atoms with Crippen molar-refractivity contribution >= 4 is 27.9 Å². The lowest BCUT2D eigenvalue weighted by Crippen LogP contribution is -2.25. The Morgan fingerprint density at radius 3 is 2.67 bits per heavy atom. The second kappa shape index (κ2) is 4.39. The number of hydrogen-bond donors (Lipinski definition) is 0. The first kappa shape index (κ1) is 13.1. The predicted octanol–water partition coefficient (Wildman–Crippen LogP) is 3.21. The molecule has 0 aliphatic carbocycles. The van der Waals surface area contributed by atoms with Crippen molar-refractivity contribution < 1.29 is 19.1 Å². The fourth-order valence-electron chi connectivity index (χ4n) is 1.50. The highest BCUT2D eigenvalue weighted by molar-refractivity contribution is 9.10. The van der Waals surface area contributed by atoms with Crippen molar-refractivity contribution in [3.05, 3.63) is 33.8 Å². The Hall–Kier alpha value is -1.36. The summed E-state index contributed by atoms with van der Waals surface area (Å²) < 4.78 is 11.0. The van der Waals surface area contributed by atoms with E-state index in [1.165, 1.54) is 0 Å². The molecule has 1 atom stereocenters. The lowest BCUT2D eigenvalue weighted by Gasteiger charge is -2.19. The van der Waals surface area contributed by atoms with Gasteiger partial charge in [0.05, 0.1) is 11.0 Å². The molecular formula is C13H13BrO4. The molecule has 4 nitrogen and oxygen atoms in total. The van der Waals surface area contributed by atoms with Crippen molar-refractivity contribution in [1.29, 1.82) is 0 Å². The van der Waals surface area contributed by atoms with Gasteiger partial charge in [-0.05, 0) is 39.0 Å². The maximum Gasteiger partial charge on any atom is 0.342 e. The van der Waals surface area contributed by atoms with Crippen molar-refractivity contribution in [1.82, 2.24) is 0 Å². The molecule has 0 spiro atoms. The molecule has 1 aliphatic rings. The number of ether oxygens (including phenoxy) is 2. The summed E-state index contributed by atoms with van der Waals surface area (Å²) >= 11 is 3.28. The summed E-state index contributed by atoms with van der Waals surface area (Å²) in [5.74, 6) is -0.880. The van der Waals surface area contributed by atoms with E-state index in [-0.39, 0.29) is 0 Å². The smallest absolute Gasteiger partial charge is 0.342 e. The minimum atomic E-state index is -0.938. The summed E-state index contributed by atoms with van der Waals surface area (Å²) in [6.45, 7) is 5.23. The van der Waals surface area contributed by atoms with Crippen LogP contribution in [0.2, 0.25) is 0 Å². The molecule has 5 heteroatoms. The van der Waals surface area contributed by atoms with Crippen LogP contribution in [0.5, 0.6) is 0 Å². The number of carbonyl (C=O) groups excluding carboxylic acids is 2. The predicted molar refractivity (Wildman–Crippen MR) is 67.8 cm³/mol. The third-order valence-electron chi connectivity index (χ3n) is 2.53. The highest BCUT2D eigenvalue weighted by Crippen LogP contribution is 2.34. The number of hydrogen-bond acceptors (Lipinski definition) is 4. The van der Waals surface area contributed by atoms with Gasteiger partial charge in [-0.3, -0.25) is 4.79 Å². The van der Waals surface area contributed by atoms with Gasteiger partial charge in [0, 0.05) is 10.0 Å². The molecule has 0 radical (unpaired) electrons. The number of benzene rings is 1. The third kappa shape index (κ3) is 2.41. The van der Waals surface area contributed by atoms with Gasteiger partial charge in [0.25, 0.3) is 6.29 Å². The molecule has 0 saturated heterocycles. The molecule has 1 aliphatic heterocycles. The normalized spacial score (nSPS) is 18.2. The average Bonchev–Trinajstić information content (AvgIpc) is 2.54. The molecule has 0 N–H and O–H groups in total. The molecule has 2 rings (SSSR count). The Bertz CT molecular complexity index is 516. The van der Waals surface area contributed by atoms with Gasteiger partial charge < -0.3 is 9.47 Å². The summed E-state index contributed by atoms with van der Waals surface area (Å²) in [6.07, 6.45) is -0.938. The van der Waals surface area contributed by atoms with E-state index in [0.717, 1.165) is 4.47 Å². The van der Waals surface area contributed by atoms with Gasteiger partial charge in [-0.15, -0.1) is 0 Å². The maximum atomic E-state index is 11.8. The zero-order valence-corrected chi connectivity index (χ0v) is 11.9. The lowest BCUT2D eigenvalue weighted by atomic mass is 9.97.